The Morgan fingerprint density at radius 1 is 0.333 bits per heavy atom. The summed E-state index contributed by atoms with van der Waals surface area (Å²) in [7, 11) is 0. The van der Waals surface area contributed by atoms with E-state index in [2.05, 4.69) is 0 Å². The lowest BCUT2D eigenvalue weighted by Gasteiger charge is -2.52. The van der Waals surface area contributed by atoms with Gasteiger partial charge in [0, 0.05) is 81.3 Å². The maximum atomic E-state index is 13.2. The van der Waals surface area contributed by atoms with E-state index in [0.29, 0.717) is 0 Å². The second-order valence-corrected chi connectivity index (χ2v) is 21.2. The molecule has 0 aromatic heterocycles. The lowest BCUT2D eigenvalue weighted by Crippen LogP contribution is -2.58. The minimum Gasteiger partial charge on any atom is -0.508 e. The number of fused-ring (bicyclic) bond motifs is 10. The topological polar surface area (TPSA) is 431 Å². The Bertz CT molecular complexity index is 4110. The van der Waals surface area contributed by atoms with Gasteiger partial charge in [0.1, 0.15) is 93.4 Å². The van der Waals surface area contributed by atoms with Gasteiger partial charge in [-0.3, -0.25) is 0 Å². The number of hydrogen-bond donors (Lipinski definition) is 19. The Morgan fingerprint density at radius 3 is 1.36 bits per heavy atom. The molecular weight excluding hydrogens is 1100 g/mol. The molecule has 0 amide bonds. The van der Waals surface area contributed by atoms with Gasteiger partial charge in [-0.25, -0.2) is 0 Å². The van der Waals surface area contributed by atoms with Crippen LogP contribution in [-0.4, -0.2) is 121 Å². The third-order valence-electron chi connectivity index (χ3n) is 16.4. The molecule has 24 heteroatoms. The van der Waals surface area contributed by atoms with E-state index in [1.807, 2.05) is 0 Å². The second-order valence-electron chi connectivity index (χ2n) is 21.2. The highest BCUT2D eigenvalue weighted by molar-refractivity contribution is 5.74. The Kier molecular flexibility index (Phi) is 11.7. The van der Waals surface area contributed by atoms with E-state index in [-0.39, 0.29) is 56.0 Å². The van der Waals surface area contributed by atoms with Crippen LogP contribution < -0.4 is 23.7 Å². The smallest absolute Gasteiger partial charge is 0.305 e. The summed E-state index contributed by atoms with van der Waals surface area (Å²) in [6.07, 6.45) is -12.8. The van der Waals surface area contributed by atoms with Crippen molar-refractivity contribution in [3.63, 3.8) is 0 Å². The van der Waals surface area contributed by atoms with Crippen molar-refractivity contribution < 1.29 is 121 Å². The van der Waals surface area contributed by atoms with Gasteiger partial charge in [-0.1, -0.05) is 18.2 Å². The first-order chi connectivity index (χ1) is 40.0. The molecule has 24 nitrogen and oxygen atoms in total. The molecule has 8 aromatic carbocycles. The average Bonchev–Trinajstić information content (AvgIpc) is 0.890. The van der Waals surface area contributed by atoms with Crippen LogP contribution in [0.2, 0.25) is 0 Å². The molecule has 5 heterocycles. The largest absolute Gasteiger partial charge is 0.508 e. The first-order valence-electron chi connectivity index (χ1n) is 25.8. The lowest BCUT2D eigenvalue weighted by molar-refractivity contribution is -0.219. The van der Waals surface area contributed by atoms with Gasteiger partial charge in [0.15, 0.2) is 58.2 Å². The number of aliphatic hydroxyl groups excluding tert-OH is 4. The Morgan fingerprint density at radius 2 is 0.786 bits per heavy atom. The number of hydrogen-bond acceptors (Lipinski definition) is 24. The van der Waals surface area contributed by atoms with Gasteiger partial charge in [-0.15, -0.1) is 0 Å². The van der Waals surface area contributed by atoms with Crippen LogP contribution in [0.3, 0.4) is 0 Å². The molecule has 19 N–H and O–H groups in total. The van der Waals surface area contributed by atoms with Crippen LogP contribution in [0.15, 0.2) is 103 Å². The Labute approximate surface area is 471 Å². The fraction of sp³-hybridized carbons (Fsp3) is 0.200. The van der Waals surface area contributed by atoms with Crippen LogP contribution in [0.1, 0.15) is 97.3 Å². The Balaban J connectivity index is 1.09. The molecule has 432 valence electrons. The highest BCUT2D eigenvalue weighted by atomic mass is 16.7. The van der Waals surface area contributed by atoms with Crippen LogP contribution in [0.5, 0.6) is 115 Å². The van der Waals surface area contributed by atoms with Crippen molar-refractivity contribution in [3.8, 4) is 115 Å². The van der Waals surface area contributed by atoms with Gasteiger partial charge in [-0.05, 0) is 71.3 Å². The zero-order valence-corrected chi connectivity index (χ0v) is 42.8. The van der Waals surface area contributed by atoms with Crippen molar-refractivity contribution in [1.29, 1.82) is 0 Å². The highest BCUT2D eigenvalue weighted by Crippen LogP contribution is 2.68. The normalized spacial score (nSPS) is 25.1. The maximum absolute atomic E-state index is 13.2. The van der Waals surface area contributed by atoms with Crippen molar-refractivity contribution >= 4 is 0 Å². The van der Waals surface area contributed by atoms with Gasteiger partial charge >= 0.3 is 5.79 Å². The van der Waals surface area contributed by atoms with Gasteiger partial charge in [0.05, 0.1) is 23.9 Å². The number of rotatable bonds is 6. The van der Waals surface area contributed by atoms with E-state index in [1.165, 1.54) is 24.3 Å². The summed E-state index contributed by atoms with van der Waals surface area (Å²) in [6.45, 7) is 0. The van der Waals surface area contributed by atoms with Gasteiger partial charge < -0.3 is 121 Å². The zero-order valence-electron chi connectivity index (χ0n) is 42.8. The summed E-state index contributed by atoms with van der Waals surface area (Å²) in [6, 6.07) is 18.2. The van der Waals surface area contributed by atoms with E-state index in [1.54, 1.807) is 0 Å². The number of phenolic OH excluding ortho intramolecular Hbond substituents is 15. The molecule has 2 bridgehead atoms. The van der Waals surface area contributed by atoms with Crippen molar-refractivity contribution in [1.82, 2.24) is 0 Å². The molecular formula is C60H48O24. The average molecular weight is 1150 g/mol. The van der Waals surface area contributed by atoms with E-state index >= 15 is 0 Å². The standard InChI is InChI=1S/C60H48O24/c61-23-13-34(71)42-40(14-23)80-54(20-2-6-26(63)31(68)10-20)51(77)48(42)45-36(73)17-37(74)46-50-47-41(83-60(59(50)79,84-58(45)46)22-4-8-28(65)33(70)12-22)18-38(75)44-49(52(78)55(82-57(44)47)21-3-7-27(64)32(69)11-21)43-35(72)16-29(66)24-15-39(76)53(81-56(24)43)19-1-5-25(62)30(67)9-19/h1-14,16-18,39,48-55,59,61-79H,15H2/t39-,48-,49?,50?,51-,52-,53-,54-,55-,59-,60-/m1/s1. The van der Waals surface area contributed by atoms with E-state index < -0.39 is 193 Å². The summed E-state index contributed by atoms with van der Waals surface area (Å²) in [5.41, 5.74) is -2.64. The monoisotopic (exact) mass is 1150 g/mol. The molecule has 0 fully saturated rings. The first-order valence-corrected chi connectivity index (χ1v) is 25.8. The fourth-order valence-electron chi connectivity index (χ4n) is 12.5. The highest BCUT2D eigenvalue weighted by Gasteiger charge is 2.62. The molecule has 0 saturated carbocycles. The molecule has 84 heavy (non-hydrogen) atoms. The van der Waals surface area contributed by atoms with Crippen LogP contribution in [0.4, 0.5) is 0 Å². The quantitative estimate of drug-likeness (QED) is 0.0889. The predicted molar refractivity (Wildman–Crippen MR) is 283 cm³/mol. The molecule has 2 unspecified atom stereocenters. The van der Waals surface area contributed by atoms with E-state index in [0.717, 1.165) is 78.9 Å². The molecule has 5 aliphatic rings. The van der Waals surface area contributed by atoms with Crippen molar-refractivity contribution in [3.05, 3.63) is 164 Å². The number of phenols is 15. The van der Waals surface area contributed by atoms with Crippen LogP contribution >= 0.6 is 0 Å². The van der Waals surface area contributed by atoms with Gasteiger partial charge in [-0.2, -0.15) is 0 Å². The molecule has 0 spiro atoms. The van der Waals surface area contributed by atoms with Gasteiger partial charge in [0.2, 0.25) is 0 Å². The minimum atomic E-state index is -2.72. The van der Waals surface area contributed by atoms with E-state index in [4.69, 9.17) is 23.7 Å². The zero-order chi connectivity index (χ0) is 59.4. The van der Waals surface area contributed by atoms with Crippen LogP contribution in [0, 0.1) is 0 Å². The van der Waals surface area contributed by atoms with Crippen molar-refractivity contribution in [2.75, 3.05) is 0 Å². The fourth-order valence-corrected chi connectivity index (χ4v) is 12.5. The summed E-state index contributed by atoms with van der Waals surface area (Å²) < 4.78 is 32.9. The molecule has 0 saturated heterocycles. The molecule has 8 aromatic rings. The third kappa shape index (κ3) is 7.68. The second kappa shape index (κ2) is 18.6. The van der Waals surface area contributed by atoms with Crippen molar-refractivity contribution in [2.24, 2.45) is 0 Å². The van der Waals surface area contributed by atoms with Crippen molar-refractivity contribution in [2.45, 2.75) is 72.7 Å². The first kappa shape index (κ1) is 52.9. The van der Waals surface area contributed by atoms with E-state index in [9.17, 15) is 97.0 Å². The number of ether oxygens (including phenoxy) is 5. The lowest BCUT2D eigenvalue weighted by atomic mass is 9.70. The Hall–Kier alpha value is -10.4. The summed E-state index contributed by atoms with van der Waals surface area (Å²) in [5.74, 6) is -20.4. The summed E-state index contributed by atoms with van der Waals surface area (Å²) >= 11 is 0. The predicted octanol–water partition coefficient (Wildman–Crippen LogP) is 5.69. The SMILES string of the molecule is Oc1cc(O)c2c(c1)O[C@H](c1ccc(O)c(O)c1)[C@H](O)[C@H]2c1c(O)cc(O)c2c1O[C@@]1(c3ccc(O)c(O)c3)Oc3cc(O)c4c(c3C2[C@H]1O)O[C@H](c1ccc(O)c(O)c1)[C@H](O)C4c1c(O)cc(O)c2c1O[C@H](c1ccc(O)c(O)c1)[C@H](O)C2. The molecule has 0 aliphatic carbocycles. The third-order valence-corrected chi connectivity index (χ3v) is 16.4. The molecule has 13 rings (SSSR count). The number of aliphatic hydroxyl groups is 4. The summed E-state index contributed by atoms with van der Waals surface area (Å²) in [4.78, 5) is 0. The van der Waals surface area contributed by atoms with Crippen LogP contribution in [0.25, 0.3) is 0 Å². The summed E-state index contributed by atoms with van der Waals surface area (Å²) in [5, 5.41) is 218. The molecule has 5 aliphatic heterocycles. The molecule has 0 radical (unpaired) electrons. The maximum Gasteiger partial charge on any atom is 0.305 e. The molecule has 11 atom stereocenters. The minimum absolute atomic E-state index is 0.0134. The van der Waals surface area contributed by atoms with Crippen LogP contribution in [-0.2, 0) is 12.2 Å². The number of aromatic hydroxyl groups is 15. The number of benzene rings is 8. The van der Waals surface area contributed by atoms with Gasteiger partial charge in [0.25, 0.3) is 0 Å².